The Morgan fingerprint density at radius 2 is 2.27 bits per heavy atom. The Hall–Kier alpha value is -1.78. The molecule has 2 rings (SSSR count). The lowest BCUT2D eigenvalue weighted by molar-refractivity contribution is 0.556. The van der Waals surface area contributed by atoms with E-state index in [2.05, 4.69) is 22.3 Å². The summed E-state index contributed by atoms with van der Waals surface area (Å²) in [5.74, 6) is 0.884. The van der Waals surface area contributed by atoms with Gasteiger partial charge < -0.3 is 9.88 Å². The summed E-state index contributed by atoms with van der Waals surface area (Å²) in [6.07, 6.45) is 7.44. The van der Waals surface area contributed by atoms with Crippen LogP contribution in [0.15, 0.2) is 30.9 Å². The number of rotatable bonds is 4. The summed E-state index contributed by atoms with van der Waals surface area (Å²) >= 11 is 0. The smallest absolute Gasteiger partial charge is 0.202 e. The van der Waals surface area contributed by atoms with Gasteiger partial charge in [0.1, 0.15) is 0 Å². The van der Waals surface area contributed by atoms with Crippen molar-refractivity contribution < 1.29 is 0 Å². The molecule has 5 nitrogen and oxygen atoms in total. The molecule has 0 aromatic carbocycles. The van der Waals surface area contributed by atoms with Crippen LogP contribution in [0.5, 0.6) is 0 Å². The first-order valence-corrected chi connectivity index (χ1v) is 4.97. The van der Waals surface area contributed by atoms with Crippen LogP contribution in [0, 0.1) is 0 Å². The van der Waals surface area contributed by atoms with E-state index in [4.69, 9.17) is 0 Å². The van der Waals surface area contributed by atoms with Crippen LogP contribution in [0.2, 0.25) is 0 Å². The second-order valence-corrected chi connectivity index (χ2v) is 3.64. The molecule has 5 heteroatoms. The molecule has 80 valence electrons. The Morgan fingerprint density at radius 3 is 2.87 bits per heavy atom. The van der Waals surface area contributed by atoms with Crippen LogP contribution in [0.4, 0.5) is 5.95 Å². The normalized spacial score (nSPS) is 12.7. The fourth-order valence-electron chi connectivity index (χ4n) is 1.46. The quantitative estimate of drug-likeness (QED) is 0.813. The van der Waals surface area contributed by atoms with Gasteiger partial charge in [-0.15, -0.1) is 0 Å². The fraction of sp³-hybridized carbons (Fsp3) is 0.400. The molecule has 0 amide bonds. The maximum absolute atomic E-state index is 4.21. The van der Waals surface area contributed by atoms with Gasteiger partial charge in [0.2, 0.25) is 5.95 Å². The average molecular weight is 205 g/mol. The van der Waals surface area contributed by atoms with E-state index in [0.717, 1.165) is 12.5 Å². The van der Waals surface area contributed by atoms with E-state index in [1.54, 1.807) is 12.4 Å². The van der Waals surface area contributed by atoms with Crippen molar-refractivity contribution in [2.75, 3.05) is 5.32 Å². The minimum atomic E-state index is 0.297. The number of nitrogens with zero attached hydrogens (tertiary/aromatic N) is 4. The Labute approximate surface area is 88.7 Å². The molecule has 1 N–H and O–H groups in total. The highest BCUT2D eigenvalue weighted by atomic mass is 15.3. The van der Waals surface area contributed by atoms with Crippen LogP contribution < -0.4 is 5.32 Å². The van der Waals surface area contributed by atoms with Crippen molar-refractivity contribution in [2.24, 2.45) is 7.05 Å². The first kappa shape index (κ1) is 9.76. The third-order valence-electron chi connectivity index (χ3n) is 2.22. The van der Waals surface area contributed by atoms with Gasteiger partial charge in [0, 0.05) is 37.9 Å². The van der Waals surface area contributed by atoms with Gasteiger partial charge in [0.15, 0.2) is 0 Å². The number of aryl methyl sites for hydroxylation is 1. The van der Waals surface area contributed by atoms with Crippen molar-refractivity contribution in [3.63, 3.8) is 0 Å². The zero-order valence-corrected chi connectivity index (χ0v) is 8.96. The Balaban J connectivity index is 1.93. The highest BCUT2D eigenvalue weighted by molar-refractivity contribution is 5.26. The second-order valence-electron chi connectivity index (χ2n) is 3.64. The van der Waals surface area contributed by atoms with Crippen molar-refractivity contribution in [3.8, 4) is 0 Å². The topological polar surface area (TPSA) is 47.7 Å². The average Bonchev–Trinajstić information content (AvgIpc) is 2.79. The Kier molecular flexibility index (Phi) is 2.71. The molecule has 0 aliphatic rings. The van der Waals surface area contributed by atoms with Crippen molar-refractivity contribution in [1.29, 1.82) is 0 Å². The SMILES string of the molecule is CC(Cn1cccn1)Nc1nccn1C. The molecule has 0 bridgehead atoms. The molecule has 1 atom stereocenters. The molecule has 0 aliphatic heterocycles. The second kappa shape index (κ2) is 4.16. The molecule has 2 aromatic rings. The van der Waals surface area contributed by atoms with Gasteiger partial charge in [-0.3, -0.25) is 4.68 Å². The largest absolute Gasteiger partial charge is 0.351 e. The van der Waals surface area contributed by atoms with Crippen LogP contribution in [0.3, 0.4) is 0 Å². The molecule has 0 aliphatic carbocycles. The van der Waals surface area contributed by atoms with Crippen LogP contribution >= 0.6 is 0 Å². The molecule has 15 heavy (non-hydrogen) atoms. The molecule has 0 saturated carbocycles. The first-order valence-electron chi connectivity index (χ1n) is 4.97. The lowest BCUT2D eigenvalue weighted by Gasteiger charge is -2.14. The number of imidazole rings is 1. The van der Waals surface area contributed by atoms with Gasteiger partial charge in [-0.25, -0.2) is 4.98 Å². The van der Waals surface area contributed by atoms with Crippen molar-refractivity contribution >= 4 is 5.95 Å². The van der Waals surface area contributed by atoms with Crippen LogP contribution in [0.1, 0.15) is 6.92 Å². The zero-order valence-electron chi connectivity index (χ0n) is 8.96. The van der Waals surface area contributed by atoms with Gasteiger partial charge in [-0.1, -0.05) is 0 Å². The molecule has 2 aromatic heterocycles. The summed E-state index contributed by atoms with van der Waals surface area (Å²) in [6, 6.07) is 2.22. The molecule has 2 heterocycles. The third-order valence-corrected chi connectivity index (χ3v) is 2.22. The third kappa shape index (κ3) is 2.37. The number of hydrogen-bond donors (Lipinski definition) is 1. The van der Waals surface area contributed by atoms with E-state index in [1.807, 2.05) is 34.8 Å². The van der Waals surface area contributed by atoms with E-state index in [9.17, 15) is 0 Å². The van der Waals surface area contributed by atoms with E-state index in [1.165, 1.54) is 0 Å². The van der Waals surface area contributed by atoms with E-state index >= 15 is 0 Å². The summed E-state index contributed by atoms with van der Waals surface area (Å²) in [6.45, 7) is 2.94. The number of hydrogen-bond acceptors (Lipinski definition) is 3. The monoisotopic (exact) mass is 205 g/mol. The molecular weight excluding hydrogens is 190 g/mol. The minimum absolute atomic E-state index is 0.297. The number of nitrogens with one attached hydrogen (secondary N) is 1. The molecular formula is C10H15N5. The fourth-order valence-corrected chi connectivity index (χ4v) is 1.46. The number of aromatic nitrogens is 4. The van der Waals surface area contributed by atoms with E-state index in [-0.39, 0.29) is 0 Å². The summed E-state index contributed by atoms with van der Waals surface area (Å²) in [4.78, 5) is 4.21. The van der Waals surface area contributed by atoms with Crippen molar-refractivity contribution in [3.05, 3.63) is 30.9 Å². The van der Waals surface area contributed by atoms with Gasteiger partial charge in [0.05, 0.1) is 6.54 Å². The van der Waals surface area contributed by atoms with Crippen LogP contribution in [-0.2, 0) is 13.6 Å². The molecule has 0 fully saturated rings. The van der Waals surface area contributed by atoms with Gasteiger partial charge in [-0.05, 0) is 13.0 Å². The summed E-state index contributed by atoms with van der Waals surface area (Å²) in [5.41, 5.74) is 0. The standard InChI is InChI=1S/C10H15N5/c1-9(8-15-6-3-4-12-15)13-10-11-5-7-14(10)2/h3-7,9H,8H2,1-2H3,(H,11,13). The molecule has 0 spiro atoms. The molecule has 0 radical (unpaired) electrons. The highest BCUT2D eigenvalue weighted by Gasteiger charge is 2.05. The Morgan fingerprint density at radius 1 is 1.40 bits per heavy atom. The minimum Gasteiger partial charge on any atom is -0.351 e. The highest BCUT2D eigenvalue weighted by Crippen LogP contribution is 2.04. The molecule has 1 unspecified atom stereocenters. The van der Waals surface area contributed by atoms with Crippen molar-refractivity contribution in [1.82, 2.24) is 19.3 Å². The summed E-state index contributed by atoms with van der Waals surface area (Å²) in [7, 11) is 1.97. The lowest BCUT2D eigenvalue weighted by atomic mass is 10.3. The van der Waals surface area contributed by atoms with E-state index < -0.39 is 0 Å². The van der Waals surface area contributed by atoms with Gasteiger partial charge >= 0.3 is 0 Å². The predicted octanol–water partition coefficient (Wildman–Crippen LogP) is 1.12. The maximum atomic E-state index is 4.21. The van der Waals surface area contributed by atoms with Gasteiger partial charge in [-0.2, -0.15) is 5.10 Å². The first-order chi connectivity index (χ1) is 7.25. The van der Waals surface area contributed by atoms with Crippen LogP contribution in [-0.4, -0.2) is 25.4 Å². The van der Waals surface area contributed by atoms with Gasteiger partial charge in [0.25, 0.3) is 0 Å². The number of anilines is 1. The molecule has 0 saturated heterocycles. The predicted molar refractivity (Wildman–Crippen MR) is 58.5 cm³/mol. The maximum Gasteiger partial charge on any atom is 0.202 e. The Bertz CT molecular complexity index is 403. The lowest BCUT2D eigenvalue weighted by Crippen LogP contribution is -2.23. The van der Waals surface area contributed by atoms with Crippen LogP contribution in [0.25, 0.3) is 0 Å². The summed E-state index contributed by atoms with van der Waals surface area (Å²) in [5, 5.41) is 7.48. The summed E-state index contributed by atoms with van der Waals surface area (Å²) < 4.78 is 3.86. The zero-order chi connectivity index (χ0) is 10.7. The van der Waals surface area contributed by atoms with E-state index in [0.29, 0.717) is 6.04 Å². The van der Waals surface area contributed by atoms with Crippen molar-refractivity contribution in [2.45, 2.75) is 19.5 Å².